The quantitative estimate of drug-likeness (QED) is 0.671. The summed E-state index contributed by atoms with van der Waals surface area (Å²) in [5.74, 6) is 0.911. The first kappa shape index (κ1) is 12.4. The van der Waals surface area contributed by atoms with Crippen molar-refractivity contribution in [1.82, 2.24) is 0 Å². The lowest BCUT2D eigenvalue weighted by molar-refractivity contribution is -0.126. The molecular formula is C10H20O3. The molecule has 3 heteroatoms. The van der Waals surface area contributed by atoms with E-state index in [1.165, 1.54) is 26.4 Å². The van der Waals surface area contributed by atoms with Crippen LogP contribution in [0.2, 0.25) is 0 Å². The highest BCUT2D eigenvalue weighted by Crippen LogP contribution is 2.25. The van der Waals surface area contributed by atoms with Gasteiger partial charge in [0.25, 0.3) is 6.47 Å². The number of carbonyl (C=O) groups excluding carboxylic acids is 1. The van der Waals surface area contributed by atoms with Gasteiger partial charge in [0.2, 0.25) is 0 Å². The number of methoxy groups -OCH3 is 1. The minimum absolute atomic E-state index is 0.0211. The summed E-state index contributed by atoms with van der Waals surface area (Å²) in [5.41, 5.74) is 0. The molecule has 0 heterocycles. The number of ether oxygens (including phenoxy) is 1. The number of hydrogen-bond acceptors (Lipinski definition) is 3. The Morgan fingerprint density at radius 2 is 1.85 bits per heavy atom. The van der Waals surface area contributed by atoms with Crippen molar-refractivity contribution in [1.29, 1.82) is 0 Å². The van der Waals surface area contributed by atoms with E-state index >= 15 is 0 Å². The number of aliphatic hydroxyl groups is 1. The molecule has 0 aromatic carbocycles. The third-order valence-electron chi connectivity index (χ3n) is 2.49. The molecule has 0 aliphatic heterocycles. The summed E-state index contributed by atoms with van der Waals surface area (Å²) in [6, 6.07) is 0. The van der Waals surface area contributed by atoms with Gasteiger partial charge in [-0.05, 0) is 31.6 Å². The van der Waals surface area contributed by atoms with Gasteiger partial charge in [-0.25, -0.2) is 0 Å². The fraction of sp³-hybridized carbons (Fsp3) is 0.900. The van der Waals surface area contributed by atoms with Gasteiger partial charge in [-0.3, -0.25) is 4.79 Å². The largest absolute Gasteiger partial charge is 0.471 e. The average molecular weight is 188 g/mol. The molecule has 1 rings (SSSR count). The van der Waals surface area contributed by atoms with E-state index in [1.807, 2.05) is 0 Å². The van der Waals surface area contributed by atoms with E-state index in [9.17, 15) is 0 Å². The zero-order chi connectivity index (χ0) is 10.1. The Bertz CT molecular complexity index is 117. The molecule has 0 bridgehead atoms. The molecule has 78 valence electrons. The second kappa shape index (κ2) is 8.05. The molecule has 0 aromatic rings. The second-order valence-electron chi connectivity index (χ2n) is 3.41. The van der Waals surface area contributed by atoms with E-state index < -0.39 is 0 Å². The Morgan fingerprint density at radius 3 is 2.15 bits per heavy atom. The monoisotopic (exact) mass is 188 g/mol. The highest BCUT2D eigenvalue weighted by molar-refractivity contribution is 5.36. The fourth-order valence-corrected chi connectivity index (χ4v) is 1.55. The summed E-state index contributed by atoms with van der Waals surface area (Å²) in [6.07, 6.45) is 5.90. The predicted molar refractivity (Wildman–Crippen MR) is 51.3 cm³/mol. The molecule has 1 aliphatic rings. The van der Waals surface area contributed by atoms with Crippen LogP contribution in [0.25, 0.3) is 0 Å². The van der Waals surface area contributed by atoms with Crippen molar-refractivity contribution in [3.05, 3.63) is 0 Å². The highest BCUT2D eigenvalue weighted by Gasteiger charge is 2.16. The molecular weight excluding hydrogens is 168 g/mol. The molecule has 0 unspecified atom stereocenters. The lowest BCUT2D eigenvalue weighted by Crippen LogP contribution is -2.17. The summed E-state index contributed by atoms with van der Waals surface area (Å²) >= 11 is 0. The topological polar surface area (TPSA) is 46.5 Å². The maximum atomic E-state index is 9.12. The van der Waals surface area contributed by atoms with E-state index in [4.69, 9.17) is 9.90 Å². The zero-order valence-electron chi connectivity index (χ0n) is 8.53. The zero-order valence-corrected chi connectivity index (χ0v) is 8.53. The van der Waals surface area contributed by atoms with Crippen LogP contribution in [0, 0.1) is 5.92 Å². The van der Waals surface area contributed by atoms with Gasteiger partial charge < -0.3 is 9.84 Å². The molecule has 1 N–H and O–H groups in total. The molecule has 0 aromatic heterocycles. The lowest BCUT2D eigenvalue weighted by atomic mass is 9.86. The van der Waals surface area contributed by atoms with Gasteiger partial charge in [0.15, 0.2) is 0 Å². The first-order chi connectivity index (χ1) is 6.24. The average Bonchev–Trinajstić information content (AvgIpc) is 2.19. The number of rotatable bonds is 2. The molecule has 3 nitrogen and oxygen atoms in total. The van der Waals surface area contributed by atoms with E-state index in [1.54, 1.807) is 0 Å². The van der Waals surface area contributed by atoms with Gasteiger partial charge in [-0.2, -0.15) is 0 Å². The van der Waals surface area contributed by atoms with Crippen LogP contribution < -0.4 is 0 Å². The van der Waals surface area contributed by atoms with Crippen LogP contribution in [0.15, 0.2) is 0 Å². The Kier molecular flexibility index (Phi) is 7.69. The first-order valence-electron chi connectivity index (χ1n) is 4.89. The SMILES string of the molecule is CC[C@H]1CC[C@H](O)CC1.COC=O. The van der Waals surface area contributed by atoms with Crippen LogP contribution in [0.5, 0.6) is 0 Å². The summed E-state index contributed by atoms with van der Waals surface area (Å²) in [5, 5.41) is 9.12. The van der Waals surface area contributed by atoms with Crippen LogP contribution in [0.4, 0.5) is 0 Å². The van der Waals surface area contributed by atoms with Gasteiger partial charge in [-0.1, -0.05) is 13.3 Å². The van der Waals surface area contributed by atoms with Gasteiger partial charge in [0, 0.05) is 0 Å². The predicted octanol–water partition coefficient (Wildman–Crippen LogP) is 1.74. The van der Waals surface area contributed by atoms with Crippen molar-refractivity contribution < 1.29 is 14.6 Å². The van der Waals surface area contributed by atoms with E-state index in [0.29, 0.717) is 6.47 Å². The molecule has 1 fully saturated rings. The Balaban J connectivity index is 0.000000310. The van der Waals surface area contributed by atoms with Gasteiger partial charge in [0.05, 0.1) is 13.2 Å². The van der Waals surface area contributed by atoms with Crippen molar-refractivity contribution in [2.45, 2.75) is 45.1 Å². The smallest absolute Gasteiger partial charge is 0.292 e. The molecule has 0 amide bonds. The van der Waals surface area contributed by atoms with Crippen molar-refractivity contribution in [2.75, 3.05) is 7.11 Å². The Hall–Kier alpha value is -0.570. The minimum atomic E-state index is 0.0211. The number of carbonyl (C=O) groups is 1. The Morgan fingerprint density at radius 1 is 1.38 bits per heavy atom. The third-order valence-corrected chi connectivity index (χ3v) is 2.49. The molecule has 0 radical (unpaired) electrons. The van der Waals surface area contributed by atoms with Crippen molar-refractivity contribution >= 4 is 6.47 Å². The molecule has 0 spiro atoms. The lowest BCUT2D eigenvalue weighted by Gasteiger charge is -2.23. The number of hydrogen-bond donors (Lipinski definition) is 1. The van der Waals surface area contributed by atoms with Crippen LogP contribution >= 0.6 is 0 Å². The van der Waals surface area contributed by atoms with E-state index in [-0.39, 0.29) is 6.10 Å². The second-order valence-corrected chi connectivity index (χ2v) is 3.41. The van der Waals surface area contributed by atoms with Gasteiger partial charge in [0.1, 0.15) is 0 Å². The standard InChI is InChI=1S/C8H16O.C2H4O2/c1-2-7-3-5-8(9)6-4-7;1-4-2-3/h7-9H,2-6H2,1H3;2H,1H3/t7-,8-;. The molecule has 1 aliphatic carbocycles. The molecule has 1 saturated carbocycles. The number of aliphatic hydroxyl groups excluding tert-OH is 1. The van der Waals surface area contributed by atoms with Gasteiger partial charge >= 0.3 is 0 Å². The normalized spacial score (nSPS) is 27.0. The maximum absolute atomic E-state index is 9.12. The van der Waals surface area contributed by atoms with Crippen molar-refractivity contribution in [3.63, 3.8) is 0 Å². The summed E-state index contributed by atoms with van der Waals surface area (Å²) < 4.78 is 3.86. The van der Waals surface area contributed by atoms with Crippen LogP contribution in [-0.2, 0) is 9.53 Å². The van der Waals surface area contributed by atoms with Crippen LogP contribution in [0.1, 0.15) is 39.0 Å². The van der Waals surface area contributed by atoms with Crippen LogP contribution in [0.3, 0.4) is 0 Å². The van der Waals surface area contributed by atoms with Gasteiger partial charge in [-0.15, -0.1) is 0 Å². The highest BCUT2D eigenvalue weighted by atomic mass is 16.5. The van der Waals surface area contributed by atoms with Crippen molar-refractivity contribution in [3.8, 4) is 0 Å². The first-order valence-corrected chi connectivity index (χ1v) is 4.89. The molecule has 13 heavy (non-hydrogen) atoms. The molecule has 0 atom stereocenters. The van der Waals surface area contributed by atoms with Crippen molar-refractivity contribution in [2.24, 2.45) is 5.92 Å². The van der Waals surface area contributed by atoms with Crippen LogP contribution in [-0.4, -0.2) is 24.8 Å². The fourth-order valence-electron chi connectivity index (χ4n) is 1.55. The maximum Gasteiger partial charge on any atom is 0.292 e. The summed E-state index contributed by atoms with van der Waals surface area (Å²) in [7, 11) is 1.31. The summed E-state index contributed by atoms with van der Waals surface area (Å²) in [4.78, 5) is 8.95. The molecule has 0 saturated heterocycles. The van der Waals surface area contributed by atoms with E-state index in [0.717, 1.165) is 18.8 Å². The summed E-state index contributed by atoms with van der Waals surface area (Å²) in [6.45, 7) is 2.61. The minimum Gasteiger partial charge on any atom is -0.471 e. The third kappa shape index (κ3) is 6.58. The Labute approximate surface area is 80.1 Å². The van der Waals surface area contributed by atoms with E-state index in [2.05, 4.69) is 11.7 Å².